The lowest BCUT2D eigenvalue weighted by atomic mass is 10.1. The molecule has 0 saturated carbocycles. The Morgan fingerprint density at radius 2 is 2.04 bits per heavy atom. The van der Waals surface area contributed by atoms with Gasteiger partial charge in [-0.2, -0.15) is 10.2 Å². The van der Waals surface area contributed by atoms with Crippen LogP contribution in [0.4, 0.5) is 5.69 Å². The number of carbonyl (C=O) groups is 1. The molecule has 24 heavy (non-hydrogen) atoms. The van der Waals surface area contributed by atoms with Gasteiger partial charge in [-0.1, -0.05) is 12.1 Å². The highest BCUT2D eigenvalue weighted by atomic mass is 16.1. The highest BCUT2D eigenvalue weighted by Gasteiger charge is 2.13. The van der Waals surface area contributed by atoms with Crippen molar-refractivity contribution in [1.82, 2.24) is 24.5 Å². The maximum Gasteiger partial charge on any atom is 0.224 e. The number of hydrogen-bond acceptors (Lipinski definition) is 4. The molecule has 7 heteroatoms. The molecule has 124 valence electrons. The Morgan fingerprint density at radius 1 is 1.25 bits per heavy atom. The summed E-state index contributed by atoms with van der Waals surface area (Å²) in [4.78, 5) is 16.3. The number of amides is 1. The molecule has 0 aliphatic rings. The second kappa shape index (κ2) is 6.66. The van der Waals surface area contributed by atoms with Crippen LogP contribution in [0.2, 0.25) is 0 Å². The van der Waals surface area contributed by atoms with Gasteiger partial charge in [-0.3, -0.25) is 9.48 Å². The van der Waals surface area contributed by atoms with Gasteiger partial charge in [0.15, 0.2) is 0 Å². The number of rotatable bonds is 5. The molecule has 1 aromatic carbocycles. The lowest BCUT2D eigenvalue weighted by Gasteiger charge is -2.10. The molecule has 7 nitrogen and oxygen atoms in total. The summed E-state index contributed by atoms with van der Waals surface area (Å²) in [6, 6.07) is 7.52. The SMILES string of the molecule is Cc1nn(C)c(C)c1CCC(=O)Nc1ccccc1-n1cncn1. The predicted octanol–water partition coefficient (Wildman–Crippen LogP) is 2.19. The van der Waals surface area contributed by atoms with Gasteiger partial charge in [0.05, 0.1) is 17.1 Å². The summed E-state index contributed by atoms with van der Waals surface area (Å²) in [5.41, 5.74) is 4.72. The molecule has 2 aromatic heterocycles. The lowest BCUT2D eigenvalue weighted by molar-refractivity contribution is -0.116. The molecule has 0 spiro atoms. The Balaban J connectivity index is 1.70. The van der Waals surface area contributed by atoms with Gasteiger partial charge in [-0.15, -0.1) is 0 Å². The average Bonchev–Trinajstić information content (AvgIpc) is 3.16. The zero-order valence-corrected chi connectivity index (χ0v) is 14.0. The predicted molar refractivity (Wildman–Crippen MR) is 91.0 cm³/mol. The summed E-state index contributed by atoms with van der Waals surface area (Å²) in [6.45, 7) is 3.99. The van der Waals surface area contributed by atoms with Crippen LogP contribution in [0, 0.1) is 13.8 Å². The third-order valence-electron chi connectivity index (χ3n) is 4.10. The maximum absolute atomic E-state index is 12.4. The standard InChI is InChI=1S/C17H20N6O/c1-12-14(13(2)22(3)21-12)8-9-17(24)20-15-6-4-5-7-16(15)23-11-18-10-19-23/h4-7,10-11H,8-9H2,1-3H3,(H,20,24). The van der Waals surface area contributed by atoms with Gasteiger partial charge in [-0.05, 0) is 38.0 Å². The van der Waals surface area contributed by atoms with Crippen LogP contribution in [0.15, 0.2) is 36.9 Å². The van der Waals surface area contributed by atoms with Crippen molar-refractivity contribution in [3.05, 3.63) is 53.9 Å². The monoisotopic (exact) mass is 324 g/mol. The van der Waals surface area contributed by atoms with E-state index >= 15 is 0 Å². The smallest absolute Gasteiger partial charge is 0.224 e. The fourth-order valence-corrected chi connectivity index (χ4v) is 2.74. The molecule has 0 saturated heterocycles. The van der Waals surface area contributed by atoms with Crippen LogP contribution in [0.5, 0.6) is 0 Å². The van der Waals surface area contributed by atoms with Crippen molar-refractivity contribution >= 4 is 11.6 Å². The Morgan fingerprint density at radius 3 is 2.71 bits per heavy atom. The average molecular weight is 324 g/mol. The van der Waals surface area contributed by atoms with Crippen LogP contribution in [-0.2, 0) is 18.3 Å². The van der Waals surface area contributed by atoms with Crippen molar-refractivity contribution in [2.75, 3.05) is 5.32 Å². The number of para-hydroxylation sites is 2. The van der Waals surface area contributed by atoms with E-state index in [2.05, 4.69) is 20.5 Å². The van der Waals surface area contributed by atoms with Gasteiger partial charge in [0.2, 0.25) is 5.91 Å². The highest BCUT2D eigenvalue weighted by Crippen LogP contribution is 2.20. The Hall–Kier alpha value is -2.96. The maximum atomic E-state index is 12.4. The summed E-state index contributed by atoms with van der Waals surface area (Å²) < 4.78 is 3.48. The van der Waals surface area contributed by atoms with E-state index in [1.807, 2.05) is 49.8 Å². The Kier molecular flexibility index (Phi) is 4.41. The van der Waals surface area contributed by atoms with Crippen molar-refractivity contribution in [3.63, 3.8) is 0 Å². The van der Waals surface area contributed by atoms with Crippen LogP contribution < -0.4 is 5.32 Å². The molecule has 0 fully saturated rings. The van der Waals surface area contributed by atoms with Crippen LogP contribution in [0.3, 0.4) is 0 Å². The molecule has 0 bridgehead atoms. The van der Waals surface area contributed by atoms with Crippen LogP contribution in [0.25, 0.3) is 5.69 Å². The molecule has 3 aromatic rings. The minimum atomic E-state index is -0.0368. The number of nitrogens with one attached hydrogen (secondary N) is 1. The Bertz CT molecular complexity index is 850. The van der Waals surface area contributed by atoms with Gasteiger partial charge >= 0.3 is 0 Å². The molecule has 0 aliphatic heterocycles. The Labute approximate surface area is 140 Å². The van der Waals surface area contributed by atoms with Crippen LogP contribution in [0.1, 0.15) is 23.4 Å². The normalized spacial score (nSPS) is 10.8. The van der Waals surface area contributed by atoms with Crippen molar-refractivity contribution in [1.29, 1.82) is 0 Å². The molecule has 1 amide bonds. The number of aromatic nitrogens is 5. The van der Waals surface area contributed by atoms with Gasteiger partial charge in [0, 0.05) is 19.2 Å². The lowest BCUT2D eigenvalue weighted by Crippen LogP contribution is -2.14. The number of hydrogen-bond donors (Lipinski definition) is 1. The van der Waals surface area contributed by atoms with E-state index in [0.29, 0.717) is 18.5 Å². The fraction of sp³-hybridized carbons (Fsp3) is 0.294. The van der Waals surface area contributed by atoms with Gasteiger partial charge < -0.3 is 5.32 Å². The minimum Gasteiger partial charge on any atom is -0.324 e. The second-order valence-electron chi connectivity index (χ2n) is 5.68. The van der Waals surface area contributed by atoms with Gasteiger partial charge in [0.1, 0.15) is 12.7 Å². The fourth-order valence-electron chi connectivity index (χ4n) is 2.74. The third-order valence-corrected chi connectivity index (χ3v) is 4.10. The van der Waals surface area contributed by atoms with Gasteiger partial charge in [-0.25, -0.2) is 9.67 Å². The van der Waals surface area contributed by atoms with E-state index in [1.165, 1.54) is 6.33 Å². The quantitative estimate of drug-likeness (QED) is 0.780. The first-order valence-corrected chi connectivity index (χ1v) is 7.79. The van der Waals surface area contributed by atoms with E-state index in [9.17, 15) is 4.79 Å². The molecule has 2 heterocycles. The highest BCUT2D eigenvalue weighted by molar-refractivity contribution is 5.92. The van der Waals surface area contributed by atoms with Crippen LogP contribution in [-0.4, -0.2) is 30.5 Å². The van der Waals surface area contributed by atoms with Crippen molar-refractivity contribution in [2.24, 2.45) is 7.05 Å². The largest absolute Gasteiger partial charge is 0.324 e. The molecule has 0 unspecified atom stereocenters. The second-order valence-corrected chi connectivity index (χ2v) is 5.68. The number of aryl methyl sites for hydroxylation is 2. The number of anilines is 1. The van der Waals surface area contributed by atoms with Crippen LogP contribution >= 0.6 is 0 Å². The van der Waals surface area contributed by atoms with E-state index in [-0.39, 0.29) is 5.91 Å². The van der Waals surface area contributed by atoms with E-state index < -0.39 is 0 Å². The van der Waals surface area contributed by atoms with Crippen molar-refractivity contribution in [2.45, 2.75) is 26.7 Å². The van der Waals surface area contributed by atoms with Gasteiger partial charge in [0.25, 0.3) is 0 Å². The minimum absolute atomic E-state index is 0.0368. The van der Waals surface area contributed by atoms with E-state index in [4.69, 9.17) is 0 Å². The molecular weight excluding hydrogens is 304 g/mol. The first kappa shape index (κ1) is 15.9. The molecule has 0 radical (unpaired) electrons. The summed E-state index contributed by atoms with van der Waals surface area (Å²) in [5.74, 6) is -0.0368. The third kappa shape index (κ3) is 3.19. The molecule has 0 aliphatic carbocycles. The molecule has 0 atom stereocenters. The number of carbonyl (C=O) groups excluding carboxylic acids is 1. The van der Waals surface area contributed by atoms with Crippen molar-refractivity contribution in [3.8, 4) is 5.69 Å². The first-order valence-electron chi connectivity index (χ1n) is 7.79. The number of benzene rings is 1. The van der Waals surface area contributed by atoms with E-state index in [0.717, 1.165) is 22.6 Å². The molecular formula is C17H20N6O. The zero-order chi connectivity index (χ0) is 17.1. The summed E-state index contributed by atoms with van der Waals surface area (Å²) >= 11 is 0. The molecule has 1 N–H and O–H groups in total. The van der Waals surface area contributed by atoms with E-state index in [1.54, 1.807) is 11.0 Å². The number of nitrogens with zero attached hydrogens (tertiary/aromatic N) is 5. The summed E-state index contributed by atoms with van der Waals surface area (Å²) in [6.07, 6.45) is 4.14. The zero-order valence-electron chi connectivity index (χ0n) is 14.0. The molecule has 3 rings (SSSR count). The first-order chi connectivity index (χ1) is 11.6. The topological polar surface area (TPSA) is 77.6 Å². The summed E-state index contributed by atoms with van der Waals surface area (Å²) in [5, 5.41) is 11.5. The summed E-state index contributed by atoms with van der Waals surface area (Å²) in [7, 11) is 1.92. The van der Waals surface area contributed by atoms with Crippen molar-refractivity contribution < 1.29 is 4.79 Å².